The van der Waals surface area contributed by atoms with E-state index in [1.54, 1.807) is 23.7 Å². The van der Waals surface area contributed by atoms with Crippen LogP contribution >= 0.6 is 11.3 Å². The maximum atomic E-state index is 12.2. The molecular formula is C19H18N4O2S. The standard InChI is InChI=1S/C19H18N4O2S/c1-2-23(10-13-12-25-19(20-13)16-8-5-9-26-16)11-17-21-15-7-4-3-6-14(15)18(24)22-17/h3-9,12H,2,10-11H2,1H3,(H,21,22,24). The summed E-state index contributed by atoms with van der Waals surface area (Å²) < 4.78 is 5.58. The monoisotopic (exact) mass is 366 g/mol. The van der Waals surface area contributed by atoms with E-state index >= 15 is 0 Å². The molecule has 0 atom stereocenters. The molecule has 0 saturated carbocycles. The van der Waals surface area contributed by atoms with Crippen molar-refractivity contribution >= 4 is 22.2 Å². The van der Waals surface area contributed by atoms with Crippen molar-refractivity contribution in [2.45, 2.75) is 20.0 Å². The molecule has 1 N–H and O–H groups in total. The Hall–Kier alpha value is -2.77. The molecule has 0 fully saturated rings. The van der Waals surface area contributed by atoms with Crippen molar-refractivity contribution in [3.8, 4) is 10.8 Å². The van der Waals surface area contributed by atoms with Crippen molar-refractivity contribution < 1.29 is 4.42 Å². The summed E-state index contributed by atoms with van der Waals surface area (Å²) in [5.41, 5.74) is 1.46. The summed E-state index contributed by atoms with van der Waals surface area (Å²) in [6, 6.07) is 11.3. The number of benzene rings is 1. The predicted molar refractivity (Wildman–Crippen MR) is 102 cm³/mol. The van der Waals surface area contributed by atoms with Crippen LogP contribution in [0.5, 0.6) is 0 Å². The highest BCUT2D eigenvalue weighted by atomic mass is 32.1. The second-order valence-electron chi connectivity index (χ2n) is 5.95. The van der Waals surface area contributed by atoms with Crippen LogP contribution in [0.15, 0.2) is 57.3 Å². The molecule has 0 amide bonds. The van der Waals surface area contributed by atoms with Gasteiger partial charge in [0.05, 0.1) is 28.0 Å². The first-order valence-electron chi connectivity index (χ1n) is 8.41. The number of thiophene rings is 1. The quantitative estimate of drug-likeness (QED) is 0.564. The molecule has 0 unspecified atom stereocenters. The van der Waals surface area contributed by atoms with E-state index in [-0.39, 0.29) is 5.56 Å². The molecule has 132 valence electrons. The molecule has 0 saturated heterocycles. The van der Waals surface area contributed by atoms with Gasteiger partial charge in [0.2, 0.25) is 5.89 Å². The van der Waals surface area contributed by atoms with Gasteiger partial charge in [-0.15, -0.1) is 11.3 Å². The van der Waals surface area contributed by atoms with E-state index in [1.807, 2.05) is 35.7 Å². The molecule has 1 aromatic carbocycles. The lowest BCUT2D eigenvalue weighted by atomic mass is 10.2. The molecule has 0 aliphatic carbocycles. The van der Waals surface area contributed by atoms with Crippen LogP contribution in [0.3, 0.4) is 0 Å². The van der Waals surface area contributed by atoms with Gasteiger partial charge in [0.25, 0.3) is 5.56 Å². The highest BCUT2D eigenvalue weighted by Gasteiger charge is 2.13. The number of para-hydroxylation sites is 1. The Bertz CT molecular complexity index is 1070. The van der Waals surface area contributed by atoms with E-state index in [0.29, 0.717) is 35.7 Å². The molecule has 0 spiro atoms. The summed E-state index contributed by atoms with van der Waals surface area (Å²) in [4.78, 5) is 27.4. The average Bonchev–Trinajstić information content (AvgIpc) is 3.33. The zero-order chi connectivity index (χ0) is 17.9. The van der Waals surface area contributed by atoms with Gasteiger partial charge in [0.15, 0.2) is 0 Å². The fourth-order valence-electron chi connectivity index (χ4n) is 2.82. The van der Waals surface area contributed by atoms with Gasteiger partial charge >= 0.3 is 0 Å². The maximum absolute atomic E-state index is 12.2. The van der Waals surface area contributed by atoms with Crippen molar-refractivity contribution in [3.63, 3.8) is 0 Å². The second kappa shape index (κ2) is 7.23. The molecule has 4 aromatic rings. The predicted octanol–water partition coefficient (Wildman–Crippen LogP) is 3.66. The lowest BCUT2D eigenvalue weighted by Gasteiger charge is -2.18. The van der Waals surface area contributed by atoms with Crippen molar-refractivity contribution in [1.82, 2.24) is 19.9 Å². The van der Waals surface area contributed by atoms with Gasteiger partial charge in [-0.3, -0.25) is 9.69 Å². The molecular weight excluding hydrogens is 348 g/mol. The minimum atomic E-state index is -0.108. The molecule has 0 radical (unpaired) electrons. The van der Waals surface area contributed by atoms with Gasteiger partial charge in [-0.2, -0.15) is 0 Å². The highest BCUT2D eigenvalue weighted by molar-refractivity contribution is 7.13. The number of hydrogen-bond acceptors (Lipinski definition) is 6. The third kappa shape index (κ3) is 3.44. The summed E-state index contributed by atoms with van der Waals surface area (Å²) in [6.45, 7) is 4.04. The number of fused-ring (bicyclic) bond motifs is 1. The number of oxazole rings is 1. The van der Waals surface area contributed by atoms with Crippen molar-refractivity contribution in [3.05, 3.63) is 69.9 Å². The number of hydrogen-bond donors (Lipinski definition) is 1. The molecule has 0 bridgehead atoms. The molecule has 3 heterocycles. The van der Waals surface area contributed by atoms with Crippen LogP contribution in [-0.2, 0) is 13.1 Å². The number of nitrogens with one attached hydrogen (secondary N) is 1. The summed E-state index contributed by atoms with van der Waals surface area (Å²) in [5.74, 6) is 1.29. The fourth-order valence-corrected chi connectivity index (χ4v) is 3.48. The molecule has 7 heteroatoms. The van der Waals surface area contributed by atoms with Crippen LogP contribution in [0.25, 0.3) is 21.7 Å². The average molecular weight is 366 g/mol. The van der Waals surface area contributed by atoms with E-state index in [9.17, 15) is 4.79 Å². The Morgan fingerprint density at radius 1 is 1.15 bits per heavy atom. The lowest BCUT2D eigenvalue weighted by molar-refractivity contribution is 0.261. The van der Waals surface area contributed by atoms with E-state index < -0.39 is 0 Å². The van der Waals surface area contributed by atoms with Crippen molar-refractivity contribution in [2.24, 2.45) is 0 Å². The molecule has 0 aliphatic heterocycles. The minimum absolute atomic E-state index is 0.108. The van der Waals surface area contributed by atoms with Crippen LogP contribution in [0.4, 0.5) is 0 Å². The van der Waals surface area contributed by atoms with Crippen LogP contribution < -0.4 is 5.56 Å². The first-order valence-corrected chi connectivity index (χ1v) is 9.29. The molecule has 0 aliphatic rings. The zero-order valence-corrected chi connectivity index (χ0v) is 15.1. The number of rotatable bonds is 6. The molecule has 26 heavy (non-hydrogen) atoms. The van der Waals surface area contributed by atoms with Gasteiger partial charge in [0.1, 0.15) is 12.1 Å². The Morgan fingerprint density at radius 3 is 2.85 bits per heavy atom. The van der Waals surface area contributed by atoms with Gasteiger partial charge in [-0.1, -0.05) is 25.1 Å². The third-order valence-electron chi connectivity index (χ3n) is 4.15. The Labute approximate surface area is 154 Å². The minimum Gasteiger partial charge on any atom is -0.444 e. The van der Waals surface area contributed by atoms with E-state index in [4.69, 9.17) is 4.42 Å². The third-order valence-corrected chi connectivity index (χ3v) is 5.01. The van der Waals surface area contributed by atoms with Crippen molar-refractivity contribution in [1.29, 1.82) is 0 Å². The Balaban J connectivity index is 1.52. The molecule has 4 rings (SSSR count). The Kier molecular flexibility index (Phi) is 4.64. The van der Waals surface area contributed by atoms with Gasteiger partial charge in [0, 0.05) is 6.54 Å². The van der Waals surface area contributed by atoms with Gasteiger partial charge < -0.3 is 9.40 Å². The zero-order valence-electron chi connectivity index (χ0n) is 14.3. The maximum Gasteiger partial charge on any atom is 0.258 e. The number of aromatic amines is 1. The smallest absolute Gasteiger partial charge is 0.258 e. The largest absolute Gasteiger partial charge is 0.444 e. The van der Waals surface area contributed by atoms with E-state index in [1.165, 1.54) is 0 Å². The molecule has 3 aromatic heterocycles. The molecule has 6 nitrogen and oxygen atoms in total. The number of H-pyrrole nitrogens is 1. The summed E-state index contributed by atoms with van der Waals surface area (Å²) in [5, 5.41) is 2.61. The second-order valence-corrected chi connectivity index (χ2v) is 6.90. The first kappa shape index (κ1) is 16.7. The van der Waals surface area contributed by atoms with E-state index in [0.717, 1.165) is 17.1 Å². The highest BCUT2D eigenvalue weighted by Crippen LogP contribution is 2.24. The van der Waals surface area contributed by atoms with Crippen LogP contribution in [0, 0.1) is 0 Å². The number of nitrogens with zero attached hydrogens (tertiary/aromatic N) is 3. The normalized spacial score (nSPS) is 11.5. The fraction of sp³-hybridized carbons (Fsp3) is 0.211. The van der Waals surface area contributed by atoms with Crippen LogP contribution in [0.2, 0.25) is 0 Å². The summed E-state index contributed by atoms with van der Waals surface area (Å²) >= 11 is 1.60. The van der Waals surface area contributed by atoms with Crippen LogP contribution in [0.1, 0.15) is 18.4 Å². The Morgan fingerprint density at radius 2 is 2.04 bits per heavy atom. The lowest BCUT2D eigenvalue weighted by Crippen LogP contribution is -2.25. The first-order chi connectivity index (χ1) is 12.7. The van der Waals surface area contributed by atoms with Gasteiger partial charge in [-0.25, -0.2) is 9.97 Å². The summed E-state index contributed by atoms with van der Waals surface area (Å²) in [7, 11) is 0. The number of aromatic nitrogens is 3. The summed E-state index contributed by atoms with van der Waals surface area (Å²) in [6.07, 6.45) is 1.69. The van der Waals surface area contributed by atoms with Crippen molar-refractivity contribution in [2.75, 3.05) is 6.54 Å². The topological polar surface area (TPSA) is 75.0 Å². The van der Waals surface area contributed by atoms with Crippen LogP contribution in [-0.4, -0.2) is 26.4 Å². The van der Waals surface area contributed by atoms with E-state index in [2.05, 4.69) is 26.8 Å². The van der Waals surface area contributed by atoms with Gasteiger partial charge in [-0.05, 0) is 30.1 Å². The SMILES string of the molecule is CCN(Cc1coc(-c2cccs2)n1)Cc1nc2ccccc2c(=O)[nH]1.